The van der Waals surface area contributed by atoms with E-state index in [-0.39, 0.29) is 0 Å². The SMILES string of the molecule is CC1CN(CCOc2ccc(C#CCN)cc2)CCS1. The van der Waals surface area contributed by atoms with Crippen LogP contribution in [0.5, 0.6) is 5.75 Å². The Kier molecular flexibility index (Phi) is 6.25. The molecule has 0 amide bonds. The summed E-state index contributed by atoms with van der Waals surface area (Å²) < 4.78 is 5.78. The zero-order chi connectivity index (χ0) is 14.2. The van der Waals surface area contributed by atoms with Gasteiger partial charge in [-0.05, 0) is 24.3 Å². The standard InChI is InChI=1S/C16H22N2OS/c1-14-13-18(10-12-20-14)9-11-19-16-6-4-15(5-7-16)3-2-8-17/h4-7,14H,8-13,17H2,1H3. The van der Waals surface area contributed by atoms with Gasteiger partial charge in [-0.15, -0.1) is 0 Å². The highest BCUT2D eigenvalue weighted by Gasteiger charge is 2.15. The molecule has 4 heteroatoms. The van der Waals surface area contributed by atoms with Gasteiger partial charge in [0.25, 0.3) is 0 Å². The predicted molar refractivity (Wildman–Crippen MR) is 86.2 cm³/mol. The summed E-state index contributed by atoms with van der Waals surface area (Å²) in [5.41, 5.74) is 6.32. The predicted octanol–water partition coefficient (Wildman–Crippen LogP) is 1.81. The minimum absolute atomic E-state index is 0.394. The second kappa shape index (κ2) is 8.21. The van der Waals surface area contributed by atoms with E-state index < -0.39 is 0 Å². The van der Waals surface area contributed by atoms with Crippen molar-refractivity contribution >= 4 is 11.8 Å². The van der Waals surface area contributed by atoms with E-state index in [9.17, 15) is 0 Å². The molecule has 1 fully saturated rings. The molecule has 0 radical (unpaired) electrons. The Balaban J connectivity index is 1.73. The number of benzene rings is 1. The fraction of sp³-hybridized carbons (Fsp3) is 0.500. The molecule has 0 bridgehead atoms. The summed E-state index contributed by atoms with van der Waals surface area (Å²) in [5.74, 6) is 7.98. The third kappa shape index (κ3) is 5.09. The van der Waals surface area contributed by atoms with Crippen LogP contribution >= 0.6 is 11.8 Å². The molecular formula is C16H22N2OS. The Hall–Kier alpha value is -1.15. The molecule has 2 rings (SSSR count). The van der Waals surface area contributed by atoms with E-state index >= 15 is 0 Å². The summed E-state index contributed by atoms with van der Waals surface area (Å²) in [6, 6.07) is 7.87. The molecule has 1 aliphatic heterocycles. The maximum absolute atomic E-state index is 5.78. The van der Waals surface area contributed by atoms with Crippen LogP contribution in [0.15, 0.2) is 24.3 Å². The molecule has 108 valence electrons. The minimum Gasteiger partial charge on any atom is -0.492 e. The lowest BCUT2D eigenvalue weighted by Gasteiger charge is -2.30. The number of rotatable bonds is 4. The smallest absolute Gasteiger partial charge is 0.119 e. The minimum atomic E-state index is 0.394. The van der Waals surface area contributed by atoms with Crippen molar-refractivity contribution in [2.45, 2.75) is 12.2 Å². The Morgan fingerprint density at radius 2 is 2.20 bits per heavy atom. The molecule has 1 atom stereocenters. The summed E-state index contributed by atoms with van der Waals surface area (Å²) in [5, 5.41) is 0.740. The van der Waals surface area contributed by atoms with E-state index in [0.29, 0.717) is 6.54 Å². The van der Waals surface area contributed by atoms with Crippen LogP contribution in [0.3, 0.4) is 0 Å². The van der Waals surface area contributed by atoms with E-state index in [1.807, 2.05) is 24.3 Å². The third-order valence-corrected chi connectivity index (χ3v) is 4.33. The van der Waals surface area contributed by atoms with E-state index in [0.717, 1.165) is 29.7 Å². The van der Waals surface area contributed by atoms with Crippen LogP contribution < -0.4 is 10.5 Å². The zero-order valence-electron chi connectivity index (χ0n) is 12.0. The van der Waals surface area contributed by atoms with Crippen LogP contribution in [-0.4, -0.2) is 48.7 Å². The van der Waals surface area contributed by atoms with Crippen LogP contribution in [0.25, 0.3) is 0 Å². The number of hydrogen-bond donors (Lipinski definition) is 1. The first kappa shape index (κ1) is 15.2. The maximum atomic E-state index is 5.78. The van der Waals surface area contributed by atoms with Crippen LogP contribution in [0.2, 0.25) is 0 Å². The van der Waals surface area contributed by atoms with Crippen LogP contribution in [0.4, 0.5) is 0 Å². The van der Waals surface area contributed by atoms with Crippen molar-refractivity contribution < 1.29 is 4.74 Å². The van der Waals surface area contributed by atoms with Crippen molar-refractivity contribution in [3.8, 4) is 17.6 Å². The molecule has 3 nitrogen and oxygen atoms in total. The second-order valence-electron chi connectivity index (χ2n) is 4.86. The van der Waals surface area contributed by atoms with E-state index in [1.54, 1.807) is 0 Å². The van der Waals surface area contributed by atoms with Crippen molar-refractivity contribution in [3.63, 3.8) is 0 Å². The van der Waals surface area contributed by atoms with E-state index in [4.69, 9.17) is 10.5 Å². The van der Waals surface area contributed by atoms with Gasteiger partial charge in [0.05, 0.1) is 6.54 Å². The van der Waals surface area contributed by atoms with Gasteiger partial charge in [-0.25, -0.2) is 0 Å². The molecule has 1 unspecified atom stereocenters. The second-order valence-corrected chi connectivity index (χ2v) is 6.41. The average Bonchev–Trinajstić information content (AvgIpc) is 2.46. The largest absolute Gasteiger partial charge is 0.492 e. The highest BCUT2D eigenvalue weighted by molar-refractivity contribution is 7.99. The van der Waals surface area contributed by atoms with Crippen molar-refractivity contribution in [1.82, 2.24) is 4.90 Å². The lowest BCUT2D eigenvalue weighted by atomic mass is 10.2. The topological polar surface area (TPSA) is 38.5 Å². The van der Waals surface area contributed by atoms with Crippen molar-refractivity contribution in [2.75, 3.05) is 38.5 Å². The molecule has 1 heterocycles. The van der Waals surface area contributed by atoms with Crippen molar-refractivity contribution in [3.05, 3.63) is 29.8 Å². The Morgan fingerprint density at radius 3 is 2.90 bits per heavy atom. The van der Waals surface area contributed by atoms with Crippen molar-refractivity contribution in [2.24, 2.45) is 5.73 Å². The number of nitrogens with two attached hydrogens (primary N) is 1. The molecule has 0 spiro atoms. The molecule has 0 saturated carbocycles. The first-order chi connectivity index (χ1) is 9.78. The lowest BCUT2D eigenvalue weighted by Crippen LogP contribution is -2.39. The van der Waals surface area contributed by atoms with Gasteiger partial charge in [-0.1, -0.05) is 18.8 Å². The molecular weight excluding hydrogens is 268 g/mol. The van der Waals surface area contributed by atoms with Crippen molar-refractivity contribution in [1.29, 1.82) is 0 Å². The summed E-state index contributed by atoms with van der Waals surface area (Å²) in [7, 11) is 0. The highest BCUT2D eigenvalue weighted by atomic mass is 32.2. The lowest BCUT2D eigenvalue weighted by molar-refractivity contribution is 0.215. The number of thioether (sulfide) groups is 1. The summed E-state index contributed by atoms with van der Waals surface area (Å²) >= 11 is 2.06. The number of hydrogen-bond acceptors (Lipinski definition) is 4. The van der Waals surface area contributed by atoms with Crippen LogP contribution in [-0.2, 0) is 0 Å². The first-order valence-electron chi connectivity index (χ1n) is 7.03. The third-order valence-electron chi connectivity index (χ3n) is 3.19. The highest BCUT2D eigenvalue weighted by Crippen LogP contribution is 2.17. The molecule has 20 heavy (non-hydrogen) atoms. The maximum Gasteiger partial charge on any atom is 0.119 e. The molecule has 1 aromatic carbocycles. The zero-order valence-corrected chi connectivity index (χ0v) is 12.8. The van der Waals surface area contributed by atoms with Crippen LogP contribution in [0.1, 0.15) is 12.5 Å². The quantitative estimate of drug-likeness (QED) is 0.859. The van der Waals surface area contributed by atoms with Gasteiger partial charge in [-0.2, -0.15) is 11.8 Å². The van der Waals surface area contributed by atoms with Gasteiger partial charge in [0.2, 0.25) is 0 Å². The molecule has 1 saturated heterocycles. The molecule has 0 aromatic heterocycles. The number of nitrogens with zero attached hydrogens (tertiary/aromatic N) is 1. The van der Waals surface area contributed by atoms with Gasteiger partial charge in [0, 0.05) is 36.2 Å². The fourth-order valence-electron chi connectivity index (χ4n) is 2.17. The van der Waals surface area contributed by atoms with Gasteiger partial charge in [0.15, 0.2) is 0 Å². The summed E-state index contributed by atoms with van der Waals surface area (Å²) in [6.07, 6.45) is 0. The normalized spacial score (nSPS) is 19.2. The first-order valence-corrected chi connectivity index (χ1v) is 8.08. The van der Waals surface area contributed by atoms with E-state index in [2.05, 4.69) is 35.4 Å². The fourth-order valence-corrected chi connectivity index (χ4v) is 3.26. The van der Waals surface area contributed by atoms with Crippen LogP contribution in [0, 0.1) is 11.8 Å². The molecule has 1 aliphatic rings. The Morgan fingerprint density at radius 1 is 1.40 bits per heavy atom. The van der Waals surface area contributed by atoms with E-state index in [1.165, 1.54) is 18.8 Å². The summed E-state index contributed by atoms with van der Waals surface area (Å²) in [6.45, 7) is 6.77. The van der Waals surface area contributed by atoms with Gasteiger partial charge in [-0.3, -0.25) is 4.90 Å². The van der Waals surface area contributed by atoms with Gasteiger partial charge < -0.3 is 10.5 Å². The molecule has 1 aromatic rings. The monoisotopic (exact) mass is 290 g/mol. The van der Waals surface area contributed by atoms with Gasteiger partial charge in [0.1, 0.15) is 12.4 Å². The summed E-state index contributed by atoms with van der Waals surface area (Å²) in [4.78, 5) is 2.47. The average molecular weight is 290 g/mol. The number of ether oxygens (including phenoxy) is 1. The Labute approximate surface area is 125 Å². The van der Waals surface area contributed by atoms with Gasteiger partial charge >= 0.3 is 0 Å². The Bertz CT molecular complexity index is 464. The molecule has 2 N–H and O–H groups in total. The molecule has 0 aliphatic carbocycles.